The number of nitrogens with one attached hydrogen (secondary N) is 1. The molecule has 0 saturated heterocycles. The van der Waals surface area contributed by atoms with Gasteiger partial charge in [0.05, 0.1) is 5.69 Å². The third kappa shape index (κ3) is 6.11. The fourth-order valence-electron chi connectivity index (χ4n) is 3.52. The summed E-state index contributed by atoms with van der Waals surface area (Å²) in [5, 5.41) is 23.9. The highest BCUT2D eigenvalue weighted by molar-refractivity contribution is 9.10. The summed E-state index contributed by atoms with van der Waals surface area (Å²) in [6.07, 6.45) is 2.33. The number of carboxylic acid groups (broad SMARTS) is 1. The molecule has 0 aliphatic rings. The Labute approximate surface area is 194 Å². The van der Waals surface area contributed by atoms with Crippen LogP contribution in [0.25, 0.3) is 10.8 Å². The third-order valence-corrected chi connectivity index (χ3v) is 5.62. The van der Waals surface area contributed by atoms with Gasteiger partial charge >= 0.3 is 12.1 Å². The largest absolute Gasteiger partial charge is 0.508 e. The van der Waals surface area contributed by atoms with E-state index in [1.54, 1.807) is 24.3 Å². The van der Waals surface area contributed by atoms with Gasteiger partial charge in [-0.3, -0.25) is 5.32 Å². The first-order valence-electron chi connectivity index (χ1n) is 10.2. The molecule has 3 aromatic rings. The molecule has 0 unspecified atom stereocenters. The fourth-order valence-corrected chi connectivity index (χ4v) is 3.90. The van der Waals surface area contributed by atoms with Gasteiger partial charge in [-0.2, -0.15) is 0 Å². The number of benzene rings is 3. The Bertz CT molecular complexity index is 1140. The van der Waals surface area contributed by atoms with Crippen LogP contribution in [0.3, 0.4) is 0 Å². The second-order valence-corrected chi connectivity index (χ2v) is 8.39. The van der Waals surface area contributed by atoms with E-state index < -0.39 is 18.2 Å². The van der Waals surface area contributed by atoms with Crippen molar-refractivity contribution in [1.82, 2.24) is 0 Å². The minimum Gasteiger partial charge on any atom is -0.508 e. The molecule has 32 heavy (non-hydrogen) atoms. The van der Waals surface area contributed by atoms with Gasteiger partial charge in [0.15, 0.2) is 0 Å². The van der Waals surface area contributed by atoms with Crippen LogP contribution in [-0.2, 0) is 9.53 Å². The van der Waals surface area contributed by atoms with E-state index in [2.05, 4.69) is 21.2 Å². The van der Waals surface area contributed by atoms with Crippen LogP contribution in [0.5, 0.6) is 5.75 Å². The molecule has 3 aromatic carbocycles. The van der Waals surface area contributed by atoms with Crippen LogP contribution >= 0.6 is 15.9 Å². The zero-order valence-electron chi connectivity index (χ0n) is 17.5. The molecule has 0 aliphatic carbocycles. The Morgan fingerprint density at radius 3 is 2.66 bits per heavy atom. The normalized spacial score (nSPS) is 13.1. The van der Waals surface area contributed by atoms with Crippen LogP contribution in [0.4, 0.5) is 10.5 Å². The summed E-state index contributed by atoms with van der Waals surface area (Å²) in [6.45, 7) is 1.89. The minimum absolute atomic E-state index is 0.0177. The Kier molecular flexibility index (Phi) is 7.89. The quantitative estimate of drug-likeness (QED) is 0.302. The van der Waals surface area contributed by atoms with Crippen molar-refractivity contribution in [3.05, 3.63) is 82.9 Å². The molecule has 7 heteroatoms. The van der Waals surface area contributed by atoms with Crippen LogP contribution in [0, 0.1) is 5.92 Å². The second kappa shape index (κ2) is 10.8. The molecular formula is C25H24BrNO5. The maximum absolute atomic E-state index is 12.8. The van der Waals surface area contributed by atoms with Gasteiger partial charge in [0.25, 0.3) is 0 Å². The Morgan fingerprint density at radius 1 is 1.12 bits per heavy atom. The number of halogens is 1. The van der Waals surface area contributed by atoms with Gasteiger partial charge in [0.2, 0.25) is 0 Å². The molecular weight excluding hydrogens is 474 g/mol. The highest BCUT2D eigenvalue weighted by Gasteiger charge is 2.26. The fraction of sp³-hybridized carbons (Fsp3) is 0.200. The van der Waals surface area contributed by atoms with Crippen molar-refractivity contribution in [1.29, 1.82) is 0 Å². The molecule has 0 aliphatic heterocycles. The Balaban J connectivity index is 1.81. The first-order valence-corrected chi connectivity index (χ1v) is 11.0. The molecule has 0 bridgehead atoms. The number of rotatable bonds is 8. The summed E-state index contributed by atoms with van der Waals surface area (Å²) in [7, 11) is 0. The number of carbonyl (C=O) groups is 2. The molecule has 0 aromatic heterocycles. The lowest BCUT2D eigenvalue weighted by Crippen LogP contribution is -2.22. The molecule has 0 heterocycles. The molecule has 2 atom stereocenters. The molecule has 0 fully saturated rings. The number of aliphatic carboxylic acids is 1. The summed E-state index contributed by atoms with van der Waals surface area (Å²) >= 11 is 3.40. The lowest BCUT2D eigenvalue weighted by atomic mass is 9.92. The van der Waals surface area contributed by atoms with Gasteiger partial charge in [-0.25, -0.2) is 9.59 Å². The van der Waals surface area contributed by atoms with Crippen molar-refractivity contribution in [3.63, 3.8) is 0 Å². The highest BCUT2D eigenvalue weighted by atomic mass is 79.9. The van der Waals surface area contributed by atoms with Crippen LogP contribution in [0.15, 0.2) is 77.3 Å². The topological polar surface area (TPSA) is 95.9 Å². The van der Waals surface area contributed by atoms with Crippen molar-refractivity contribution in [2.45, 2.75) is 25.9 Å². The average molecular weight is 498 g/mol. The molecule has 1 amide bonds. The van der Waals surface area contributed by atoms with E-state index in [4.69, 9.17) is 9.84 Å². The number of phenols is 1. The molecule has 166 valence electrons. The summed E-state index contributed by atoms with van der Waals surface area (Å²) in [5.74, 6) is -1.18. The summed E-state index contributed by atoms with van der Waals surface area (Å²) < 4.78 is 6.54. The van der Waals surface area contributed by atoms with Crippen molar-refractivity contribution < 1.29 is 24.5 Å². The molecule has 3 rings (SSSR count). The summed E-state index contributed by atoms with van der Waals surface area (Å²) in [4.78, 5) is 23.5. The molecule has 0 saturated carbocycles. The van der Waals surface area contributed by atoms with E-state index in [1.807, 2.05) is 43.3 Å². The average Bonchev–Trinajstić information content (AvgIpc) is 2.77. The smallest absolute Gasteiger partial charge is 0.412 e. The van der Waals surface area contributed by atoms with E-state index >= 15 is 0 Å². The van der Waals surface area contributed by atoms with Crippen LogP contribution < -0.4 is 5.32 Å². The zero-order chi connectivity index (χ0) is 23.1. The van der Waals surface area contributed by atoms with E-state index in [-0.39, 0.29) is 11.7 Å². The highest BCUT2D eigenvalue weighted by Crippen LogP contribution is 2.37. The number of phenolic OH excluding ortho intramolecular Hbond substituents is 1. The predicted octanol–water partition coefficient (Wildman–Crippen LogP) is 6.65. The Hall–Kier alpha value is -3.32. The summed E-state index contributed by atoms with van der Waals surface area (Å²) in [5.41, 5.74) is 1.10. The number of allylic oxidation sites excluding steroid dienone is 1. The molecule has 3 N–H and O–H groups in total. The van der Waals surface area contributed by atoms with E-state index in [1.165, 1.54) is 6.07 Å². The molecule has 0 radical (unpaired) electrons. The van der Waals surface area contributed by atoms with Crippen molar-refractivity contribution >= 4 is 44.5 Å². The van der Waals surface area contributed by atoms with Gasteiger partial charge in [-0.05, 0) is 48.4 Å². The van der Waals surface area contributed by atoms with Crippen molar-refractivity contribution in [2.24, 2.45) is 5.92 Å². The SMILES string of the molecule is C[C@@H](CC/C=C/C(=O)O)[C@H](OC(=O)Nc1cccc2ccccc12)c1cc(Br)ccc1O. The third-order valence-electron chi connectivity index (χ3n) is 5.12. The minimum atomic E-state index is -1.01. The van der Waals surface area contributed by atoms with Gasteiger partial charge in [0.1, 0.15) is 11.9 Å². The Morgan fingerprint density at radius 2 is 1.88 bits per heavy atom. The van der Waals surface area contributed by atoms with Crippen molar-refractivity contribution in [2.75, 3.05) is 5.32 Å². The number of carbonyl (C=O) groups excluding carboxylic acids is 1. The molecule has 6 nitrogen and oxygen atoms in total. The lowest BCUT2D eigenvalue weighted by molar-refractivity contribution is -0.131. The monoisotopic (exact) mass is 497 g/mol. The number of ether oxygens (including phenoxy) is 1. The summed E-state index contributed by atoms with van der Waals surface area (Å²) in [6, 6.07) is 18.3. The van der Waals surface area contributed by atoms with Gasteiger partial charge < -0.3 is 14.9 Å². The maximum atomic E-state index is 12.8. The number of hydrogen-bond donors (Lipinski definition) is 3. The number of fused-ring (bicyclic) bond motifs is 1. The lowest BCUT2D eigenvalue weighted by Gasteiger charge is -2.25. The number of hydrogen-bond acceptors (Lipinski definition) is 4. The zero-order valence-corrected chi connectivity index (χ0v) is 19.1. The van der Waals surface area contributed by atoms with Gasteiger partial charge in [-0.15, -0.1) is 0 Å². The van der Waals surface area contributed by atoms with Crippen LogP contribution in [-0.4, -0.2) is 22.3 Å². The first-order chi connectivity index (χ1) is 15.3. The number of anilines is 1. The van der Waals surface area contributed by atoms with Gasteiger partial charge in [-0.1, -0.05) is 65.3 Å². The molecule has 0 spiro atoms. The van der Waals surface area contributed by atoms with Crippen molar-refractivity contribution in [3.8, 4) is 5.75 Å². The predicted molar refractivity (Wildman–Crippen MR) is 128 cm³/mol. The standard InChI is InChI=1S/C25H24BrNO5/c1-16(7-2-5-12-23(29)30)24(20-15-18(26)13-14-22(20)28)32-25(31)27-21-11-6-9-17-8-3-4-10-19(17)21/h3-6,8-16,24,28H,2,7H2,1H3,(H,27,31)(H,29,30)/b12-5+/t16-,24-/m0/s1. The van der Waals surface area contributed by atoms with Crippen LogP contribution in [0.1, 0.15) is 31.4 Å². The number of amides is 1. The van der Waals surface area contributed by atoms with E-state index in [9.17, 15) is 14.7 Å². The van der Waals surface area contributed by atoms with Crippen LogP contribution in [0.2, 0.25) is 0 Å². The van der Waals surface area contributed by atoms with E-state index in [0.29, 0.717) is 24.1 Å². The number of carboxylic acids is 1. The second-order valence-electron chi connectivity index (χ2n) is 7.48. The van der Waals surface area contributed by atoms with Gasteiger partial charge in [0, 0.05) is 21.5 Å². The first kappa shape index (κ1) is 23.3. The number of aromatic hydroxyl groups is 1. The van der Waals surface area contributed by atoms with E-state index in [0.717, 1.165) is 21.3 Å². The maximum Gasteiger partial charge on any atom is 0.412 e.